The number of benzene rings is 1. The first-order valence-corrected chi connectivity index (χ1v) is 7.29. The number of para-hydroxylation sites is 1. The van der Waals surface area contributed by atoms with E-state index >= 15 is 0 Å². The molecule has 0 amide bonds. The molecule has 0 unspecified atom stereocenters. The number of ether oxygens (including phenoxy) is 2. The van der Waals surface area contributed by atoms with Gasteiger partial charge in [-0.15, -0.1) is 0 Å². The van der Waals surface area contributed by atoms with Gasteiger partial charge in [-0.2, -0.15) is 5.26 Å². The average Bonchev–Trinajstić information content (AvgIpc) is 2.48. The first-order chi connectivity index (χ1) is 10.0. The molecular formula is C17H23NO3. The fraction of sp³-hybridized carbons (Fsp3) is 0.529. The molecule has 0 fully saturated rings. The van der Waals surface area contributed by atoms with Gasteiger partial charge in [-0.1, -0.05) is 6.07 Å². The summed E-state index contributed by atoms with van der Waals surface area (Å²) < 4.78 is 11.2. The minimum Gasteiger partial charge on any atom is -0.490 e. The van der Waals surface area contributed by atoms with Gasteiger partial charge in [-0.25, -0.2) is 0 Å². The first-order valence-electron chi connectivity index (χ1n) is 7.29. The molecule has 0 radical (unpaired) electrons. The molecule has 21 heavy (non-hydrogen) atoms. The van der Waals surface area contributed by atoms with Crippen LogP contribution >= 0.6 is 0 Å². The third-order valence-corrected chi connectivity index (χ3v) is 3.18. The van der Waals surface area contributed by atoms with Gasteiger partial charge in [0.15, 0.2) is 17.8 Å². The summed E-state index contributed by atoms with van der Waals surface area (Å²) in [5.74, 6) is 1.10. The van der Waals surface area contributed by atoms with E-state index in [9.17, 15) is 4.79 Å². The molecule has 0 spiro atoms. The van der Waals surface area contributed by atoms with Crippen LogP contribution in [0.25, 0.3) is 0 Å². The number of rotatable bonds is 9. The molecule has 0 aromatic heterocycles. The minimum atomic E-state index is -0.294. The summed E-state index contributed by atoms with van der Waals surface area (Å²) in [6.07, 6.45) is 3.36. The van der Waals surface area contributed by atoms with Crippen LogP contribution in [0.3, 0.4) is 0 Å². The van der Waals surface area contributed by atoms with Crippen molar-refractivity contribution < 1.29 is 14.3 Å². The predicted octanol–water partition coefficient (Wildman–Crippen LogP) is 4.00. The summed E-state index contributed by atoms with van der Waals surface area (Å²) in [5.41, 5.74) is 0.204. The Morgan fingerprint density at radius 1 is 1.29 bits per heavy atom. The lowest BCUT2D eigenvalue weighted by Crippen LogP contribution is -2.09. The van der Waals surface area contributed by atoms with Crippen LogP contribution in [-0.4, -0.2) is 19.5 Å². The summed E-state index contributed by atoms with van der Waals surface area (Å²) in [6.45, 7) is 6.79. The molecule has 0 saturated carbocycles. The largest absolute Gasteiger partial charge is 0.490 e. The predicted molar refractivity (Wildman–Crippen MR) is 81.7 cm³/mol. The zero-order chi connectivity index (χ0) is 15.7. The van der Waals surface area contributed by atoms with Gasteiger partial charge in [-0.3, -0.25) is 4.79 Å². The number of nitriles is 1. The van der Waals surface area contributed by atoms with Gasteiger partial charge in [0.1, 0.15) is 0 Å². The van der Waals surface area contributed by atoms with Crippen LogP contribution in [0.2, 0.25) is 0 Å². The molecule has 0 atom stereocenters. The highest BCUT2D eigenvalue weighted by molar-refractivity contribution is 5.81. The Morgan fingerprint density at radius 3 is 2.67 bits per heavy atom. The number of aldehydes is 1. The Kier molecular flexibility index (Phi) is 6.74. The average molecular weight is 289 g/mol. The maximum absolute atomic E-state index is 11.1. The lowest BCUT2D eigenvalue weighted by atomic mass is 9.89. The van der Waals surface area contributed by atoms with Gasteiger partial charge >= 0.3 is 0 Å². The Bertz CT molecular complexity index is 503. The van der Waals surface area contributed by atoms with Gasteiger partial charge in [-0.05, 0) is 52.2 Å². The van der Waals surface area contributed by atoms with E-state index < -0.39 is 0 Å². The number of nitrogens with zero attached hydrogens (tertiary/aromatic N) is 1. The van der Waals surface area contributed by atoms with E-state index in [1.54, 1.807) is 18.2 Å². The van der Waals surface area contributed by atoms with Gasteiger partial charge in [0.25, 0.3) is 0 Å². The number of carbonyl (C=O) groups is 1. The molecule has 0 heterocycles. The highest BCUT2D eigenvalue weighted by atomic mass is 16.5. The zero-order valence-electron chi connectivity index (χ0n) is 13.0. The van der Waals surface area contributed by atoms with E-state index in [4.69, 9.17) is 14.7 Å². The molecule has 4 nitrogen and oxygen atoms in total. The Morgan fingerprint density at radius 2 is 2.05 bits per heavy atom. The molecule has 1 aromatic rings. The van der Waals surface area contributed by atoms with Gasteiger partial charge in [0, 0.05) is 0 Å². The summed E-state index contributed by atoms with van der Waals surface area (Å²) in [4.78, 5) is 11.1. The van der Waals surface area contributed by atoms with E-state index in [2.05, 4.69) is 6.07 Å². The zero-order valence-corrected chi connectivity index (χ0v) is 13.0. The molecule has 1 aromatic carbocycles. The van der Waals surface area contributed by atoms with Gasteiger partial charge in [0.2, 0.25) is 0 Å². The number of hydrogen-bond acceptors (Lipinski definition) is 4. The molecule has 0 bridgehead atoms. The minimum absolute atomic E-state index is 0.294. The maximum Gasteiger partial charge on any atom is 0.171 e. The number of carbonyl (C=O) groups excluding carboxylic acids is 1. The summed E-state index contributed by atoms with van der Waals surface area (Å²) >= 11 is 0. The lowest BCUT2D eigenvalue weighted by molar-refractivity contribution is 0.111. The first kappa shape index (κ1) is 17.0. The van der Waals surface area contributed by atoms with Crippen molar-refractivity contribution in [1.82, 2.24) is 0 Å². The van der Waals surface area contributed by atoms with Crippen molar-refractivity contribution in [2.45, 2.75) is 40.0 Å². The fourth-order valence-corrected chi connectivity index (χ4v) is 1.95. The quantitative estimate of drug-likeness (QED) is 0.509. The summed E-state index contributed by atoms with van der Waals surface area (Å²) in [5, 5.41) is 8.96. The van der Waals surface area contributed by atoms with Crippen LogP contribution < -0.4 is 9.47 Å². The topological polar surface area (TPSA) is 59.3 Å². The Balaban J connectivity index is 2.55. The second kappa shape index (κ2) is 8.31. The van der Waals surface area contributed by atoms with E-state index in [0.717, 1.165) is 25.5 Å². The normalized spacial score (nSPS) is 10.8. The molecule has 0 aliphatic rings. The molecular weight excluding hydrogens is 266 g/mol. The SMILES string of the molecule is CCOc1cccc(C=O)c1OCCCCC(C)(C)C#N. The molecule has 4 heteroatoms. The molecule has 0 aliphatic heterocycles. The molecule has 1 rings (SSSR count). The maximum atomic E-state index is 11.1. The summed E-state index contributed by atoms with van der Waals surface area (Å²) in [6, 6.07) is 7.57. The van der Waals surface area contributed by atoms with Crippen LogP contribution in [0.4, 0.5) is 0 Å². The van der Waals surface area contributed by atoms with Crippen molar-refractivity contribution in [2.24, 2.45) is 5.41 Å². The van der Waals surface area contributed by atoms with Crippen molar-refractivity contribution in [3.05, 3.63) is 23.8 Å². The van der Waals surface area contributed by atoms with E-state index in [-0.39, 0.29) is 5.41 Å². The van der Waals surface area contributed by atoms with Crippen LogP contribution in [0, 0.1) is 16.7 Å². The third-order valence-electron chi connectivity index (χ3n) is 3.18. The lowest BCUT2D eigenvalue weighted by Gasteiger charge is -2.16. The van der Waals surface area contributed by atoms with E-state index in [1.807, 2.05) is 20.8 Å². The van der Waals surface area contributed by atoms with E-state index in [0.29, 0.717) is 30.3 Å². The monoisotopic (exact) mass is 289 g/mol. The standard InChI is InChI=1S/C17H23NO3/c1-4-20-15-9-7-8-14(12-19)16(15)21-11-6-5-10-17(2,3)13-18/h7-9,12H,4-6,10-11H2,1-3H3. The number of unbranched alkanes of at least 4 members (excludes halogenated alkanes) is 1. The highest BCUT2D eigenvalue weighted by Gasteiger charge is 2.16. The number of hydrogen-bond donors (Lipinski definition) is 0. The Labute approximate surface area is 126 Å². The van der Waals surface area contributed by atoms with Crippen LogP contribution in [-0.2, 0) is 0 Å². The third kappa shape index (κ3) is 5.47. The van der Waals surface area contributed by atoms with Crippen LogP contribution in [0.1, 0.15) is 50.4 Å². The van der Waals surface area contributed by atoms with Gasteiger partial charge in [0.05, 0.1) is 30.3 Å². The molecule has 0 N–H and O–H groups in total. The Hall–Kier alpha value is -2.02. The summed E-state index contributed by atoms with van der Waals surface area (Å²) in [7, 11) is 0. The van der Waals surface area contributed by atoms with Crippen molar-refractivity contribution in [1.29, 1.82) is 5.26 Å². The van der Waals surface area contributed by atoms with E-state index in [1.165, 1.54) is 0 Å². The van der Waals surface area contributed by atoms with Crippen LogP contribution in [0.15, 0.2) is 18.2 Å². The molecule has 0 aliphatic carbocycles. The molecule has 0 saturated heterocycles. The highest BCUT2D eigenvalue weighted by Crippen LogP contribution is 2.30. The van der Waals surface area contributed by atoms with Crippen molar-refractivity contribution >= 4 is 6.29 Å². The second-order valence-corrected chi connectivity index (χ2v) is 5.53. The second-order valence-electron chi connectivity index (χ2n) is 5.53. The van der Waals surface area contributed by atoms with Crippen LogP contribution in [0.5, 0.6) is 11.5 Å². The smallest absolute Gasteiger partial charge is 0.171 e. The van der Waals surface area contributed by atoms with Crippen molar-refractivity contribution in [2.75, 3.05) is 13.2 Å². The van der Waals surface area contributed by atoms with Crippen molar-refractivity contribution in [3.8, 4) is 17.6 Å². The molecule has 114 valence electrons. The van der Waals surface area contributed by atoms with Crippen molar-refractivity contribution in [3.63, 3.8) is 0 Å². The van der Waals surface area contributed by atoms with Gasteiger partial charge < -0.3 is 9.47 Å². The fourth-order valence-electron chi connectivity index (χ4n) is 1.95.